The summed E-state index contributed by atoms with van der Waals surface area (Å²) in [7, 11) is 0. The van der Waals surface area contributed by atoms with Gasteiger partial charge in [0.2, 0.25) is 0 Å². The van der Waals surface area contributed by atoms with Crippen LogP contribution in [0, 0.1) is 11.7 Å². The normalized spacial score (nSPS) is 17.6. The summed E-state index contributed by atoms with van der Waals surface area (Å²) in [6.45, 7) is 2.11. The molecular formula is C17H21ClFN3O2. The van der Waals surface area contributed by atoms with Gasteiger partial charge in [0.25, 0.3) is 0 Å². The standard InChI is InChI=1S/C17H21ClFN3O2/c18-14-7-13-12(9-21-16(13)8-15(14)19)1-4-20-17(24)22-5-2-11(10-22)3-6-23/h7-9,11,21,23H,1-6,10H2,(H,20,24). The fourth-order valence-electron chi connectivity index (χ4n) is 3.23. The number of likely N-dealkylation sites (tertiary alicyclic amines) is 1. The van der Waals surface area contributed by atoms with Crippen molar-refractivity contribution >= 4 is 28.5 Å². The molecule has 0 bridgehead atoms. The highest BCUT2D eigenvalue weighted by atomic mass is 35.5. The summed E-state index contributed by atoms with van der Waals surface area (Å²) in [5.41, 5.74) is 1.69. The van der Waals surface area contributed by atoms with Crippen LogP contribution < -0.4 is 5.32 Å². The Morgan fingerprint density at radius 1 is 1.50 bits per heavy atom. The largest absolute Gasteiger partial charge is 0.396 e. The van der Waals surface area contributed by atoms with Gasteiger partial charge in [0, 0.05) is 43.3 Å². The Balaban J connectivity index is 1.53. The fourth-order valence-corrected chi connectivity index (χ4v) is 3.40. The van der Waals surface area contributed by atoms with Gasteiger partial charge in [-0.25, -0.2) is 9.18 Å². The predicted octanol–water partition coefficient (Wildman–Crippen LogP) is 2.92. The van der Waals surface area contributed by atoms with Crippen LogP contribution in [0.2, 0.25) is 5.02 Å². The zero-order valence-corrected chi connectivity index (χ0v) is 14.1. The van der Waals surface area contributed by atoms with E-state index in [2.05, 4.69) is 10.3 Å². The molecule has 2 amide bonds. The number of benzene rings is 1. The van der Waals surface area contributed by atoms with Gasteiger partial charge in [-0.1, -0.05) is 11.6 Å². The van der Waals surface area contributed by atoms with E-state index in [4.69, 9.17) is 16.7 Å². The minimum Gasteiger partial charge on any atom is -0.396 e. The van der Waals surface area contributed by atoms with Gasteiger partial charge in [0.15, 0.2) is 0 Å². The lowest BCUT2D eigenvalue weighted by Crippen LogP contribution is -2.39. The van der Waals surface area contributed by atoms with Gasteiger partial charge >= 0.3 is 6.03 Å². The first-order valence-electron chi connectivity index (χ1n) is 8.17. The molecule has 0 aliphatic carbocycles. The van der Waals surface area contributed by atoms with Gasteiger partial charge in [0.05, 0.1) is 5.02 Å². The second-order valence-electron chi connectivity index (χ2n) is 6.22. The maximum atomic E-state index is 13.4. The average Bonchev–Trinajstić information content (AvgIpc) is 3.16. The Hall–Kier alpha value is -1.79. The summed E-state index contributed by atoms with van der Waals surface area (Å²) >= 11 is 5.84. The van der Waals surface area contributed by atoms with Gasteiger partial charge in [-0.2, -0.15) is 0 Å². The molecule has 0 saturated carbocycles. The number of aromatic nitrogens is 1. The summed E-state index contributed by atoms with van der Waals surface area (Å²) in [5, 5.41) is 12.9. The Morgan fingerprint density at radius 3 is 3.12 bits per heavy atom. The monoisotopic (exact) mass is 353 g/mol. The molecule has 5 nitrogen and oxygen atoms in total. The van der Waals surface area contributed by atoms with Gasteiger partial charge in [-0.3, -0.25) is 0 Å². The van der Waals surface area contributed by atoms with E-state index in [1.165, 1.54) is 6.07 Å². The second-order valence-corrected chi connectivity index (χ2v) is 6.63. The third-order valence-corrected chi connectivity index (χ3v) is 4.88. The third kappa shape index (κ3) is 3.65. The Morgan fingerprint density at radius 2 is 2.33 bits per heavy atom. The lowest BCUT2D eigenvalue weighted by Gasteiger charge is -2.17. The van der Waals surface area contributed by atoms with Crippen molar-refractivity contribution in [2.75, 3.05) is 26.2 Å². The van der Waals surface area contributed by atoms with Crippen LogP contribution in [-0.4, -0.2) is 47.3 Å². The van der Waals surface area contributed by atoms with Gasteiger partial charge in [-0.15, -0.1) is 0 Å². The van der Waals surface area contributed by atoms with Crippen LogP contribution in [0.3, 0.4) is 0 Å². The summed E-state index contributed by atoms with van der Waals surface area (Å²) in [6.07, 6.45) is 4.15. The van der Waals surface area contributed by atoms with Gasteiger partial charge in [0.1, 0.15) is 5.82 Å². The van der Waals surface area contributed by atoms with Crippen molar-refractivity contribution in [2.45, 2.75) is 19.3 Å². The van der Waals surface area contributed by atoms with Crippen molar-refractivity contribution in [3.8, 4) is 0 Å². The van der Waals surface area contributed by atoms with Crippen LogP contribution in [0.4, 0.5) is 9.18 Å². The number of hydrogen-bond donors (Lipinski definition) is 3. The number of rotatable bonds is 5. The molecule has 0 radical (unpaired) electrons. The summed E-state index contributed by atoms with van der Waals surface area (Å²) in [5.74, 6) is -0.0521. The number of urea groups is 1. The topological polar surface area (TPSA) is 68.4 Å². The fraction of sp³-hybridized carbons (Fsp3) is 0.471. The number of hydrogen-bond acceptors (Lipinski definition) is 2. The number of H-pyrrole nitrogens is 1. The number of nitrogens with one attached hydrogen (secondary N) is 2. The maximum absolute atomic E-state index is 13.4. The molecule has 1 aliphatic rings. The number of carbonyl (C=O) groups excluding carboxylic acids is 1. The molecule has 1 saturated heterocycles. The molecule has 1 unspecified atom stereocenters. The Kier molecular flexibility index (Phi) is 5.26. The van der Waals surface area contributed by atoms with E-state index >= 15 is 0 Å². The van der Waals surface area contributed by atoms with E-state index < -0.39 is 5.82 Å². The molecule has 1 aromatic carbocycles. The number of aromatic amines is 1. The summed E-state index contributed by atoms with van der Waals surface area (Å²) < 4.78 is 13.4. The first kappa shape index (κ1) is 17.0. The number of fused-ring (bicyclic) bond motifs is 1. The molecule has 130 valence electrons. The van der Waals surface area contributed by atoms with Crippen molar-refractivity contribution < 1.29 is 14.3 Å². The number of carbonyl (C=O) groups is 1. The molecule has 1 fully saturated rings. The van der Waals surface area contributed by atoms with Crippen LogP contribution in [0.25, 0.3) is 10.9 Å². The smallest absolute Gasteiger partial charge is 0.317 e. The first-order chi connectivity index (χ1) is 11.6. The zero-order valence-electron chi connectivity index (χ0n) is 13.3. The average molecular weight is 354 g/mol. The molecular weight excluding hydrogens is 333 g/mol. The number of aliphatic hydroxyl groups is 1. The Bertz CT molecular complexity index is 734. The van der Waals surface area contributed by atoms with E-state index in [1.807, 2.05) is 6.20 Å². The highest BCUT2D eigenvalue weighted by Gasteiger charge is 2.25. The van der Waals surface area contributed by atoms with Crippen molar-refractivity contribution in [1.29, 1.82) is 0 Å². The highest BCUT2D eigenvalue weighted by molar-refractivity contribution is 6.31. The number of aliphatic hydroxyl groups excluding tert-OH is 1. The summed E-state index contributed by atoms with van der Waals surface area (Å²) in [4.78, 5) is 17.0. The molecule has 2 heterocycles. The second kappa shape index (κ2) is 7.40. The van der Waals surface area contributed by atoms with Crippen molar-refractivity contribution in [3.05, 3.63) is 34.7 Å². The van der Waals surface area contributed by atoms with E-state index in [0.29, 0.717) is 30.9 Å². The zero-order chi connectivity index (χ0) is 17.1. The van der Waals surface area contributed by atoms with Gasteiger partial charge in [-0.05, 0) is 42.9 Å². The molecule has 24 heavy (non-hydrogen) atoms. The quantitative estimate of drug-likeness (QED) is 0.773. The van der Waals surface area contributed by atoms with Crippen molar-refractivity contribution in [3.63, 3.8) is 0 Å². The minimum absolute atomic E-state index is 0.0700. The number of halogens is 2. The minimum atomic E-state index is -0.447. The maximum Gasteiger partial charge on any atom is 0.317 e. The van der Waals surface area contributed by atoms with E-state index in [0.717, 1.165) is 30.3 Å². The van der Waals surface area contributed by atoms with Crippen molar-refractivity contribution in [2.24, 2.45) is 5.92 Å². The predicted molar refractivity (Wildman–Crippen MR) is 91.8 cm³/mol. The van der Waals surface area contributed by atoms with Crippen LogP contribution >= 0.6 is 11.6 Å². The Labute approximate surface area is 144 Å². The molecule has 1 aromatic heterocycles. The van der Waals surface area contributed by atoms with E-state index in [-0.39, 0.29) is 17.7 Å². The molecule has 1 aliphatic heterocycles. The third-order valence-electron chi connectivity index (χ3n) is 4.59. The van der Waals surface area contributed by atoms with Crippen LogP contribution in [-0.2, 0) is 6.42 Å². The lowest BCUT2D eigenvalue weighted by atomic mass is 10.1. The molecule has 3 N–H and O–H groups in total. The van der Waals surface area contributed by atoms with Crippen molar-refractivity contribution in [1.82, 2.24) is 15.2 Å². The van der Waals surface area contributed by atoms with Crippen LogP contribution in [0.1, 0.15) is 18.4 Å². The number of amides is 2. The van der Waals surface area contributed by atoms with Gasteiger partial charge < -0.3 is 20.3 Å². The molecule has 0 spiro atoms. The lowest BCUT2D eigenvalue weighted by molar-refractivity contribution is 0.204. The molecule has 2 aromatic rings. The first-order valence-corrected chi connectivity index (χ1v) is 8.55. The molecule has 3 rings (SSSR count). The van der Waals surface area contributed by atoms with E-state index in [1.54, 1.807) is 11.0 Å². The molecule has 7 heteroatoms. The molecule has 1 atom stereocenters. The summed E-state index contributed by atoms with van der Waals surface area (Å²) in [6, 6.07) is 2.92. The van der Waals surface area contributed by atoms with Crippen LogP contribution in [0.5, 0.6) is 0 Å². The van der Waals surface area contributed by atoms with E-state index in [9.17, 15) is 9.18 Å². The number of nitrogens with zero attached hydrogens (tertiary/aromatic N) is 1. The SMILES string of the molecule is O=C(NCCc1c[nH]c2cc(F)c(Cl)cc12)N1CCC(CCO)C1. The highest BCUT2D eigenvalue weighted by Crippen LogP contribution is 2.25. The van der Waals surface area contributed by atoms with Crippen LogP contribution in [0.15, 0.2) is 18.3 Å².